The number of benzene rings is 2. The molecule has 1 saturated heterocycles. The maximum atomic E-state index is 13.1. The maximum Gasteiger partial charge on any atom is 0.320 e. The molecule has 0 radical (unpaired) electrons. The van der Waals surface area contributed by atoms with Crippen LogP contribution in [0.2, 0.25) is 0 Å². The van der Waals surface area contributed by atoms with Crippen LogP contribution in [0.4, 0.5) is 16.4 Å². The first kappa shape index (κ1) is 28.1. The summed E-state index contributed by atoms with van der Waals surface area (Å²) in [6.07, 6.45) is 1.53. The Labute approximate surface area is 241 Å². The second kappa shape index (κ2) is 12.0. The van der Waals surface area contributed by atoms with E-state index in [-0.39, 0.29) is 18.0 Å². The number of likely N-dealkylation sites (N-methyl/N-ethyl adjacent to an activating group) is 1. The number of amides is 2. The van der Waals surface area contributed by atoms with Crippen molar-refractivity contribution in [3.63, 3.8) is 0 Å². The number of aromatic nitrogens is 4. The molecule has 2 amide bonds. The summed E-state index contributed by atoms with van der Waals surface area (Å²) >= 11 is 0. The third-order valence-corrected chi connectivity index (χ3v) is 7.08. The van der Waals surface area contributed by atoms with Crippen LogP contribution in [0, 0.1) is 6.92 Å². The molecule has 4 aromatic rings. The molecule has 0 bridgehead atoms. The van der Waals surface area contributed by atoms with Crippen molar-refractivity contribution in [1.29, 1.82) is 0 Å². The Bertz CT molecular complexity index is 1480. The molecule has 41 heavy (non-hydrogen) atoms. The average molecular weight is 555 g/mol. The van der Waals surface area contributed by atoms with Crippen LogP contribution in [0.25, 0.3) is 5.69 Å². The number of urea groups is 1. The molecule has 0 saturated carbocycles. The molecule has 10 nitrogen and oxygen atoms in total. The summed E-state index contributed by atoms with van der Waals surface area (Å²) in [5.74, 6) is 2.52. The highest BCUT2D eigenvalue weighted by Gasteiger charge is 2.22. The number of para-hydroxylation sites is 1. The normalized spacial score (nSPS) is 14.1. The van der Waals surface area contributed by atoms with Crippen molar-refractivity contribution in [1.82, 2.24) is 30.0 Å². The zero-order valence-corrected chi connectivity index (χ0v) is 24.4. The molecule has 0 aliphatic carbocycles. The third-order valence-electron chi connectivity index (χ3n) is 7.08. The van der Waals surface area contributed by atoms with Gasteiger partial charge in [0.15, 0.2) is 0 Å². The SMILES string of the molecule is Cc1ccc(-n2nc(C(C)(C)C)cc2NC(=O)NCc2ccccc2Oc2cc(N3CCN(C)CC3)ncn2)cc1. The zero-order chi connectivity index (χ0) is 29.0. The predicted octanol–water partition coefficient (Wildman–Crippen LogP) is 5.13. The maximum absolute atomic E-state index is 13.1. The quantitative estimate of drug-likeness (QED) is 0.327. The second-order valence-electron chi connectivity index (χ2n) is 11.4. The number of carbonyl (C=O) groups is 1. The van der Waals surface area contributed by atoms with E-state index in [1.165, 1.54) is 6.33 Å². The van der Waals surface area contributed by atoms with Gasteiger partial charge in [0.1, 0.15) is 23.7 Å². The van der Waals surface area contributed by atoms with Gasteiger partial charge in [0.25, 0.3) is 0 Å². The molecule has 2 aromatic heterocycles. The van der Waals surface area contributed by atoms with E-state index >= 15 is 0 Å². The smallest absolute Gasteiger partial charge is 0.320 e. The molecular formula is C31H38N8O2. The van der Waals surface area contributed by atoms with Crippen molar-refractivity contribution >= 4 is 17.7 Å². The minimum atomic E-state index is -0.340. The first-order chi connectivity index (χ1) is 19.7. The summed E-state index contributed by atoms with van der Waals surface area (Å²) in [4.78, 5) is 26.4. The lowest BCUT2D eigenvalue weighted by Gasteiger charge is -2.33. The van der Waals surface area contributed by atoms with E-state index in [0.29, 0.717) is 17.4 Å². The summed E-state index contributed by atoms with van der Waals surface area (Å²) in [6, 6.07) is 19.1. The third kappa shape index (κ3) is 7.01. The van der Waals surface area contributed by atoms with Crippen LogP contribution in [0.1, 0.15) is 37.6 Å². The van der Waals surface area contributed by atoms with Gasteiger partial charge in [-0.25, -0.2) is 19.4 Å². The highest BCUT2D eigenvalue weighted by Crippen LogP contribution is 2.28. The number of carbonyl (C=O) groups excluding carboxylic acids is 1. The van der Waals surface area contributed by atoms with Gasteiger partial charge in [-0.05, 0) is 32.2 Å². The fourth-order valence-corrected chi connectivity index (χ4v) is 4.51. The number of hydrogen-bond acceptors (Lipinski definition) is 7. The molecule has 3 heterocycles. The first-order valence-electron chi connectivity index (χ1n) is 13.9. The van der Waals surface area contributed by atoms with Crippen molar-refractivity contribution in [2.45, 2.75) is 39.7 Å². The minimum absolute atomic E-state index is 0.176. The Morgan fingerprint density at radius 3 is 2.44 bits per heavy atom. The van der Waals surface area contributed by atoms with E-state index in [0.717, 1.165) is 54.5 Å². The summed E-state index contributed by atoms with van der Waals surface area (Å²) < 4.78 is 7.93. The van der Waals surface area contributed by atoms with Crippen molar-refractivity contribution in [2.75, 3.05) is 43.4 Å². The number of nitrogens with one attached hydrogen (secondary N) is 2. The van der Waals surface area contributed by atoms with Gasteiger partial charge in [-0.1, -0.05) is 56.7 Å². The Hall–Kier alpha value is -4.44. The van der Waals surface area contributed by atoms with Gasteiger partial charge < -0.3 is 19.9 Å². The van der Waals surface area contributed by atoms with Crippen molar-refractivity contribution in [2.24, 2.45) is 0 Å². The van der Waals surface area contributed by atoms with Gasteiger partial charge in [-0.2, -0.15) is 5.10 Å². The molecule has 5 rings (SSSR count). The number of ether oxygens (including phenoxy) is 1. The number of aryl methyl sites for hydroxylation is 1. The van der Waals surface area contributed by atoms with Crippen LogP contribution < -0.4 is 20.3 Å². The van der Waals surface area contributed by atoms with Crippen molar-refractivity contribution in [3.8, 4) is 17.3 Å². The number of nitrogens with zero attached hydrogens (tertiary/aromatic N) is 6. The summed E-state index contributed by atoms with van der Waals surface area (Å²) in [6.45, 7) is 12.4. The summed E-state index contributed by atoms with van der Waals surface area (Å²) in [7, 11) is 2.12. The molecule has 1 aliphatic heterocycles. The molecule has 10 heteroatoms. The number of hydrogen-bond donors (Lipinski definition) is 2. The van der Waals surface area contributed by atoms with Crippen LogP contribution in [0.3, 0.4) is 0 Å². The average Bonchev–Trinajstić information content (AvgIpc) is 3.38. The van der Waals surface area contributed by atoms with Crippen molar-refractivity contribution < 1.29 is 9.53 Å². The zero-order valence-electron chi connectivity index (χ0n) is 24.4. The molecule has 0 atom stereocenters. The van der Waals surface area contributed by atoms with E-state index in [9.17, 15) is 4.79 Å². The lowest BCUT2D eigenvalue weighted by molar-refractivity contribution is 0.251. The first-order valence-corrected chi connectivity index (χ1v) is 13.9. The largest absolute Gasteiger partial charge is 0.438 e. The fourth-order valence-electron chi connectivity index (χ4n) is 4.51. The van der Waals surface area contributed by atoms with Gasteiger partial charge in [-0.3, -0.25) is 5.32 Å². The van der Waals surface area contributed by atoms with Crippen molar-refractivity contribution in [3.05, 3.63) is 83.8 Å². The van der Waals surface area contributed by atoms with E-state index in [4.69, 9.17) is 9.84 Å². The van der Waals surface area contributed by atoms with E-state index < -0.39 is 0 Å². The van der Waals surface area contributed by atoms with Crippen LogP contribution in [0.15, 0.2) is 67.0 Å². The molecule has 1 aliphatic rings. The minimum Gasteiger partial charge on any atom is -0.438 e. The molecule has 2 aromatic carbocycles. The van der Waals surface area contributed by atoms with Gasteiger partial charge in [0, 0.05) is 55.8 Å². The fraction of sp³-hybridized carbons (Fsp3) is 0.355. The number of anilines is 2. The van der Waals surface area contributed by atoms with Gasteiger partial charge >= 0.3 is 6.03 Å². The molecule has 0 unspecified atom stereocenters. The Morgan fingerprint density at radius 1 is 0.976 bits per heavy atom. The molecule has 1 fully saturated rings. The Morgan fingerprint density at radius 2 is 1.71 bits per heavy atom. The van der Waals surface area contributed by atoms with E-state index in [2.05, 4.69) is 58.2 Å². The van der Waals surface area contributed by atoms with Gasteiger partial charge in [0.05, 0.1) is 11.4 Å². The van der Waals surface area contributed by atoms with E-state index in [1.807, 2.05) is 67.6 Å². The van der Waals surface area contributed by atoms with Crippen LogP contribution in [0.5, 0.6) is 11.6 Å². The number of piperazine rings is 1. The lowest BCUT2D eigenvalue weighted by Crippen LogP contribution is -2.44. The molecule has 0 spiro atoms. The molecule has 2 N–H and O–H groups in total. The van der Waals surface area contributed by atoms with Crippen LogP contribution in [-0.2, 0) is 12.0 Å². The van der Waals surface area contributed by atoms with Gasteiger partial charge in [-0.15, -0.1) is 0 Å². The standard InChI is InChI=1S/C31H38N8O2/c1-22-10-12-24(13-11-22)39-28(18-26(36-39)31(2,3)4)35-30(40)32-20-23-8-6-7-9-25(23)41-29-19-27(33-21-34-29)38-16-14-37(5)15-17-38/h6-13,18-19,21H,14-17,20H2,1-5H3,(H2,32,35,40). The van der Waals surface area contributed by atoms with E-state index in [1.54, 1.807) is 4.68 Å². The van der Waals surface area contributed by atoms with Crippen LogP contribution in [-0.4, -0.2) is 63.9 Å². The highest BCUT2D eigenvalue weighted by molar-refractivity contribution is 5.88. The summed E-state index contributed by atoms with van der Waals surface area (Å²) in [5, 5.41) is 10.7. The second-order valence-corrected chi connectivity index (χ2v) is 11.4. The molecular weight excluding hydrogens is 516 g/mol. The Kier molecular flexibility index (Phi) is 8.21. The van der Waals surface area contributed by atoms with Gasteiger partial charge in [0.2, 0.25) is 5.88 Å². The monoisotopic (exact) mass is 554 g/mol. The lowest BCUT2D eigenvalue weighted by atomic mass is 9.92. The number of rotatable bonds is 7. The predicted molar refractivity (Wildman–Crippen MR) is 161 cm³/mol. The highest BCUT2D eigenvalue weighted by atomic mass is 16.5. The Balaban J connectivity index is 1.27. The summed E-state index contributed by atoms with van der Waals surface area (Å²) in [5.41, 5.74) is 3.56. The van der Waals surface area contributed by atoms with Crippen LogP contribution >= 0.6 is 0 Å². The topological polar surface area (TPSA) is 100 Å². The molecule has 214 valence electrons.